The predicted molar refractivity (Wildman–Crippen MR) is 46.2 cm³/mol. The Morgan fingerprint density at radius 3 is 2.50 bits per heavy atom. The Balaban J connectivity index is 2.45. The Kier molecular flexibility index (Phi) is 3.45. The third-order valence-electron chi connectivity index (χ3n) is 2.36. The molecule has 0 bridgehead atoms. The largest absolute Gasteiger partial charge is 0.243 e. The summed E-state index contributed by atoms with van der Waals surface area (Å²) in [6.45, 7) is 3.23. The highest BCUT2D eigenvalue weighted by Gasteiger charge is 2.23. The fraction of sp³-hybridized carbons (Fsp3) is 0.600. The molecule has 1 unspecified atom stereocenters. The minimum absolute atomic E-state index is 0.0377. The standard InChI is InChI=1S/C10H14F2/c1-2-9(11)7-10(12)8-5-3-4-6-8/h2,7-8,10H,1,3-6H2/b9-7+. The molecule has 68 valence electrons. The number of allylic oxidation sites excluding steroid dienone is 3. The third-order valence-corrected chi connectivity index (χ3v) is 2.36. The lowest BCUT2D eigenvalue weighted by molar-refractivity contribution is 0.281. The van der Waals surface area contributed by atoms with Crippen LogP contribution >= 0.6 is 0 Å². The molecule has 0 aliphatic heterocycles. The highest BCUT2D eigenvalue weighted by atomic mass is 19.1. The fourth-order valence-corrected chi connectivity index (χ4v) is 1.63. The number of rotatable bonds is 3. The number of halogens is 2. The van der Waals surface area contributed by atoms with E-state index < -0.39 is 12.0 Å². The highest BCUT2D eigenvalue weighted by molar-refractivity contribution is 5.10. The lowest BCUT2D eigenvalue weighted by Crippen LogP contribution is -2.09. The van der Waals surface area contributed by atoms with E-state index in [-0.39, 0.29) is 5.92 Å². The van der Waals surface area contributed by atoms with Gasteiger partial charge in [-0.1, -0.05) is 19.4 Å². The summed E-state index contributed by atoms with van der Waals surface area (Å²) in [5.41, 5.74) is 0. The molecule has 1 aliphatic carbocycles. The molecule has 0 amide bonds. The summed E-state index contributed by atoms with van der Waals surface area (Å²) in [6, 6.07) is 0. The van der Waals surface area contributed by atoms with Crippen LogP contribution in [0.15, 0.2) is 24.6 Å². The molecule has 0 spiro atoms. The molecule has 0 saturated heterocycles. The van der Waals surface area contributed by atoms with E-state index in [0.29, 0.717) is 0 Å². The molecular weight excluding hydrogens is 158 g/mol. The van der Waals surface area contributed by atoms with Gasteiger partial charge < -0.3 is 0 Å². The zero-order valence-electron chi connectivity index (χ0n) is 7.10. The topological polar surface area (TPSA) is 0 Å². The number of hydrogen-bond acceptors (Lipinski definition) is 0. The molecule has 0 nitrogen and oxygen atoms in total. The lowest BCUT2D eigenvalue weighted by Gasteiger charge is -2.10. The van der Waals surface area contributed by atoms with Gasteiger partial charge >= 0.3 is 0 Å². The van der Waals surface area contributed by atoms with Crippen LogP contribution in [-0.2, 0) is 0 Å². The summed E-state index contributed by atoms with van der Waals surface area (Å²) in [5.74, 6) is -0.509. The zero-order chi connectivity index (χ0) is 8.97. The van der Waals surface area contributed by atoms with Crippen molar-refractivity contribution in [2.45, 2.75) is 31.9 Å². The number of hydrogen-bond donors (Lipinski definition) is 0. The van der Waals surface area contributed by atoms with Crippen LogP contribution in [0, 0.1) is 5.92 Å². The van der Waals surface area contributed by atoms with Crippen molar-refractivity contribution >= 4 is 0 Å². The van der Waals surface area contributed by atoms with Crippen molar-refractivity contribution in [2.75, 3.05) is 0 Å². The molecule has 0 radical (unpaired) electrons. The van der Waals surface area contributed by atoms with Gasteiger partial charge in [0.05, 0.1) is 0 Å². The maximum absolute atomic E-state index is 13.2. The van der Waals surface area contributed by atoms with Crippen LogP contribution in [0.1, 0.15) is 25.7 Å². The molecule has 1 saturated carbocycles. The van der Waals surface area contributed by atoms with Gasteiger partial charge in [-0.25, -0.2) is 8.78 Å². The highest BCUT2D eigenvalue weighted by Crippen LogP contribution is 2.30. The summed E-state index contributed by atoms with van der Waals surface area (Å²) in [6.07, 6.45) is 4.89. The first-order chi connectivity index (χ1) is 5.74. The van der Waals surface area contributed by atoms with Crippen molar-refractivity contribution in [2.24, 2.45) is 5.92 Å². The van der Waals surface area contributed by atoms with Gasteiger partial charge in [0.25, 0.3) is 0 Å². The average molecular weight is 172 g/mol. The van der Waals surface area contributed by atoms with Crippen LogP contribution < -0.4 is 0 Å². The van der Waals surface area contributed by atoms with E-state index in [9.17, 15) is 8.78 Å². The van der Waals surface area contributed by atoms with Crippen LogP contribution in [0.4, 0.5) is 8.78 Å². The first-order valence-electron chi connectivity index (χ1n) is 4.38. The Morgan fingerprint density at radius 2 is 2.00 bits per heavy atom. The van der Waals surface area contributed by atoms with E-state index in [0.717, 1.165) is 37.8 Å². The van der Waals surface area contributed by atoms with Crippen LogP contribution in [0.3, 0.4) is 0 Å². The van der Waals surface area contributed by atoms with Crippen LogP contribution in [-0.4, -0.2) is 6.17 Å². The molecule has 2 heteroatoms. The molecule has 0 aromatic heterocycles. The molecule has 1 rings (SSSR count). The molecule has 0 aromatic rings. The lowest BCUT2D eigenvalue weighted by atomic mass is 10.0. The first-order valence-corrected chi connectivity index (χ1v) is 4.38. The zero-order valence-corrected chi connectivity index (χ0v) is 7.10. The van der Waals surface area contributed by atoms with Crippen LogP contribution in [0.2, 0.25) is 0 Å². The summed E-state index contributed by atoms with van der Waals surface area (Å²) < 4.78 is 25.7. The van der Waals surface area contributed by atoms with Gasteiger partial charge in [0.15, 0.2) is 0 Å². The molecular formula is C10H14F2. The fourth-order valence-electron chi connectivity index (χ4n) is 1.63. The van der Waals surface area contributed by atoms with Gasteiger partial charge in [-0.05, 0) is 30.9 Å². The van der Waals surface area contributed by atoms with Crippen LogP contribution in [0.25, 0.3) is 0 Å². The van der Waals surface area contributed by atoms with Gasteiger partial charge in [-0.3, -0.25) is 0 Å². The van der Waals surface area contributed by atoms with Gasteiger partial charge in [-0.2, -0.15) is 0 Å². The van der Waals surface area contributed by atoms with Crippen molar-refractivity contribution in [1.82, 2.24) is 0 Å². The molecule has 1 atom stereocenters. The maximum Gasteiger partial charge on any atom is 0.124 e. The van der Waals surface area contributed by atoms with Gasteiger partial charge in [0.1, 0.15) is 12.0 Å². The quantitative estimate of drug-likeness (QED) is 0.571. The minimum atomic E-state index is -1.12. The Bertz CT molecular complexity index is 178. The van der Waals surface area contributed by atoms with Gasteiger partial charge in [0, 0.05) is 0 Å². The van der Waals surface area contributed by atoms with E-state index >= 15 is 0 Å². The van der Waals surface area contributed by atoms with Crippen molar-refractivity contribution in [1.29, 1.82) is 0 Å². The van der Waals surface area contributed by atoms with E-state index in [1.165, 1.54) is 0 Å². The first kappa shape index (κ1) is 9.43. The molecule has 1 aliphatic rings. The predicted octanol–water partition coefficient (Wildman–Crippen LogP) is 3.55. The summed E-state index contributed by atoms with van der Waals surface area (Å²) in [7, 11) is 0. The van der Waals surface area contributed by atoms with Gasteiger partial charge in [-0.15, -0.1) is 0 Å². The second-order valence-corrected chi connectivity index (χ2v) is 3.24. The number of alkyl halides is 1. The maximum atomic E-state index is 13.2. The summed E-state index contributed by atoms with van der Waals surface area (Å²) >= 11 is 0. The molecule has 0 N–H and O–H groups in total. The third kappa shape index (κ3) is 2.43. The molecule has 0 aromatic carbocycles. The van der Waals surface area contributed by atoms with Crippen LogP contribution in [0.5, 0.6) is 0 Å². The molecule has 12 heavy (non-hydrogen) atoms. The van der Waals surface area contributed by atoms with Crippen molar-refractivity contribution in [3.63, 3.8) is 0 Å². The summed E-state index contributed by atoms with van der Waals surface area (Å²) in [4.78, 5) is 0. The smallest absolute Gasteiger partial charge is 0.124 e. The minimum Gasteiger partial charge on any atom is -0.243 e. The monoisotopic (exact) mass is 172 g/mol. The Morgan fingerprint density at radius 1 is 1.42 bits per heavy atom. The van der Waals surface area contributed by atoms with Crippen molar-refractivity contribution in [3.8, 4) is 0 Å². The Labute approximate surface area is 72.0 Å². The summed E-state index contributed by atoms with van der Waals surface area (Å²) in [5, 5.41) is 0. The van der Waals surface area contributed by atoms with E-state index in [4.69, 9.17) is 0 Å². The second kappa shape index (κ2) is 4.39. The SMILES string of the molecule is C=C/C(F)=C\C(F)C1CCCC1. The van der Waals surface area contributed by atoms with E-state index in [1.54, 1.807) is 0 Å². The second-order valence-electron chi connectivity index (χ2n) is 3.24. The molecule has 0 heterocycles. The van der Waals surface area contributed by atoms with Crippen molar-refractivity contribution < 1.29 is 8.78 Å². The molecule has 1 fully saturated rings. The van der Waals surface area contributed by atoms with E-state index in [1.807, 2.05) is 0 Å². The van der Waals surface area contributed by atoms with E-state index in [2.05, 4.69) is 6.58 Å². The van der Waals surface area contributed by atoms with Gasteiger partial charge in [0.2, 0.25) is 0 Å². The normalized spacial score (nSPS) is 22.7. The average Bonchev–Trinajstić information content (AvgIpc) is 2.56. The Hall–Kier alpha value is -0.660. The van der Waals surface area contributed by atoms with Crippen molar-refractivity contribution in [3.05, 3.63) is 24.6 Å².